The lowest BCUT2D eigenvalue weighted by atomic mass is 10.4. The molecule has 0 saturated carbocycles. The van der Waals surface area contributed by atoms with Gasteiger partial charge in [-0.15, -0.1) is 40.8 Å². The lowest BCUT2D eigenvalue weighted by Gasteiger charge is -2.15. The monoisotopic (exact) mass is 475 g/mol. The van der Waals surface area contributed by atoms with Crippen LogP contribution in [-0.2, 0) is 17.8 Å². The minimum absolute atomic E-state index is 0. The smallest absolute Gasteiger partial charge is 0.222 e. The van der Waals surface area contributed by atoms with E-state index < -0.39 is 0 Å². The summed E-state index contributed by atoms with van der Waals surface area (Å²) in [6, 6.07) is 0. The fourth-order valence-corrected chi connectivity index (χ4v) is 2.77. The Labute approximate surface area is 172 Å². The quantitative estimate of drug-likeness (QED) is 0.175. The Bertz CT molecular complexity index is 587. The van der Waals surface area contributed by atoms with Crippen molar-refractivity contribution in [2.24, 2.45) is 4.99 Å². The van der Waals surface area contributed by atoms with Crippen LogP contribution in [-0.4, -0.2) is 64.3 Å². The minimum Gasteiger partial charge on any atom is -0.355 e. The topological polar surface area (TPSA) is 87.4 Å². The number of nitrogens with zero attached hydrogens (tertiary/aromatic N) is 5. The number of halogens is 1. The maximum atomic E-state index is 11.6. The number of hydrogen-bond donors (Lipinski definition) is 2. The van der Waals surface area contributed by atoms with Crippen LogP contribution in [0, 0.1) is 0 Å². The van der Waals surface area contributed by atoms with E-state index >= 15 is 0 Å². The van der Waals surface area contributed by atoms with Crippen molar-refractivity contribution >= 4 is 35.8 Å². The van der Waals surface area contributed by atoms with Crippen LogP contribution in [0.25, 0.3) is 0 Å². The standard InChI is InChI=1S/C17H29N7O.HI/c1-3-8-18-17(19-9-6-12-23-11-5-7-16(23)25)20-10-13-24-14-21-22-15(24)4-2;/h3,14H,1,4-13H2,2H3,(H2,18,19,20);1H. The van der Waals surface area contributed by atoms with Gasteiger partial charge in [0.15, 0.2) is 5.96 Å². The second-order valence-electron chi connectivity index (χ2n) is 5.96. The first-order valence-corrected chi connectivity index (χ1v) is 9.02. The van der Waals surface area contributed by atoms with Crippen LogP contribution in [0.15, 0.2) is 24.0 Å². The molecule has 2 N–H and O–H groups in total. The summed E-state index contributed by atoms with van der Waals surface area (Å²) in [6.07, 6.45) is 6.97. The van der Waals surface area contributed by atoms with Gasteiger partial charge in [-0.25, -0.2) is 0 Å². The van der Waals surface area contributed by atoms with Crippen molar-refractivity contribution in [3.63, 3.8) is 0 Å². The van der Waals surface area contributed by atoms with E-state index in [1.807, 2.05) is 9.47 Å². The molecule has 9 heteroatoms. The van der Waals surface area contributed by atoms with Crippen LogP contribution in [0.5, 0.6) is 0 Å². The number of nitrogens with one attached hydrogen (secondary N) is 2. The van der Waals surface area contributed by atoms with Crippen molar-refractivity contribution in [3.05, 3.63) is 24.8 Å². The predicted molar refractivity (Wildman–Crippen MR) is 114 cm³/mol. The van der Waals surface area contributed by atoms with Crippen molar-refractivity contribution in [2.75, 3.05) is 32.7 Å². The molecule has 0 atom stereocenters. The van der Waals surface area contributed by atoms with Crippen molar-refractivity contribution in [1.82, 2.24) is 30.3 Å². The molecule has 0 aromatic carbocycles. The van der Waals surface area contributed by atoms with E-state index in [1.165, 1.54) is 0 Å². The Balaban J connectivity index is 0.00000338. The Hall–Kier alpha value is -1.65. The zero-order chi connectivity index (χ0) is 17.9. The zero-order valence-electron chi connectivity index (χ0n) is 15.5. The average Bonchev–Trinajstić information content (AvgIpc) is 3.24. The van der Waals surface area contributed by atoms with E-state index in [4.69, 9.17) is 0 Å². The van der Waals surface area contributed by atoms with Crippen molar-refractivity contribution in [1.29, 1.82) is 0 Å². The third kappa shape index (κ3) is 7.30. The second kappa shape index (κ2) is 12.7. The van der Waals surface area contributed by atoms with Crippen LogP contribution in [0.2, 0.25) is 0 Å². The van der Waals surface area contributed by atoms with Crippen molar-refractivity contribution < 1.29 is 4.79 Å². The van der Waals surface area contributed by atoms with Crippen LogP contribution >= 0.6 is 24.0 Å². The van der Waals surface area contributed by atoms with Crippen molar-refractivity contribution in [2.45, 2.75) is 39.2 Å². The second-order valence-corrected chi connectivity index (χ2v) is 5.96. The summed E-state index contributed by atoms with van der Waals surface area (Å²) in [5.41, 5.74) is 0. The summed E-state index contributed by atoms with van der Waals surface area (Å²) in [6.45, 7) is 10.3. The first-order valence-electron chi connectivity index (χ1n) is 9.02. The van der Waals surface area contributed by atoms with E-state index in [9.17, 15) is 4.79 Å². The Morgan fingerprint density at radius 1 is 1.42 bits per heavy atom. The number of aryl methyl sites for hydroxylation is 1. The first kappa shape index (κ1) is 22.4. The van der Waals surface area contributed by atoms with Gasteiger partial charge >= 0.3 is 0 Å². The van der Waals surface area contributed by atoms with E-state index in [-0.39, 0.29) is 29.9 Å². The molecular formula is C17H30IN7O. The molecule has 146 valence electrons. The van der Waals surface area contributed by atoms with Gasteiger partial charge in [0.2, 0.25) is 5.91 Å². The van der Waals surface area contributed by atoms with E-state index in [2.05, 4.69) is 39.3 Å². The molecule has 0 unspecified atom stereocenters. The van der Waals surface area contributed by atoms with Crippen LogP contribution in [0.1, 0.15) is 32.0 Å². The van der Waals surface area contributed by atoms with Gasteiger partial charge in [0.1, 0.15) is 12.2 Å². The highest BCUT2D eigenvalue weighted by Gasteiger charge is 2.18. The molecule has 1 aliphatic heterocycles. The highest BCUT2D eigenvalue weighted by Crippen LogP contribution is 2.09. The molecule has 2 rings (SSSR count). The maximum Gasteiger partial charge on any atom is 0.222 e. The predicted octanol–water partition coefficient (Wildman–Crippen LogP) is 1.19. The summed E-state index contributed by atoms with van der Waals surface area (Å²) in [4.78, 5) is 18.1. The summed E-state index contributed by atoms with van der Waals surface area (Å²) >= 11 is 0. The van der Waals surface area contributed by atoms with Gasteiger partial charge in [-0.2, -0.15) is 0 Å². The van der Waals surface area contributed by atoms with Crippen LogP contribution in [0.3, 0.4) is 0 Å². The molecule has 26 heavy (non-hydrogen) atoms. The molecule has 0 aliphatic carbocycles. The first-order chi connectivity index (χ1) is 12.2. The highest BCUT2D eigenvalue weighted by molar-refractivity contribution is 14.0. The maximum absolute atomic E-state index is 11.6. The number of likely N-dealkylation sites (tertiary alicyclic amines) is 1. The summed E-state index contributed by atoms with van der Waals surface area (Å²) in [7, 11) is 0. The fraction of sp³-hybridized carbons (Fsp3) is 0.647. The molecule has 0 spiro atoms. The summed E-state index contributed by atoms with van der Waals surface area (Å²) in [5, 5.41) is 14.5. The van der Waals surface area contributed by atoms with Gasteiger partial charge < -0.3 is 20.1 Å². The fourth-order valence-electron chi connectivity index (χ4n) is 2.77. The molecule has 1 aliphatic rings. The normalized spacial score (nSPS) is 14.3. The number of carbonyl (C=O) groups excluding carboxylic acids is 1. The SMILES string of the molecule is C=CCNC(=NCCCN1CCCC1=O)NCCn1cnnc1CC.I. The van der Waals surface area contributed by atoms with Gasteiger partial charge in [-0.3, -0.25) is 9.79 Å². The van der Waals surface area contributed by atoms with Crippen molar-refractivity contribution in [3.8, 4) is 0 Å². The van der Waals surface area contributed by atoms with Gasteiger partial charge in [0.25, 0.3) is 0 Å². The molecular weight excluding hydrogens is 445 g/mol. The van der Waals surface area contributed by atoms with E-state index in [0.717, 1.165) is 57.2 Å². The summed E-state index contributed by atoms with van der Waals surface area (Å²) < 4.78 is 2.04. The number of carbonyl (C=O) groups is 1. The molecule has 8 nitrogen and oxygen atoms in total. The Morgan fingerprint density at radius 2 is 2.27 bits per heavy atom. The molecule has 1 aromatic heterocycles. The van der Waals surface area contributed by atoms with Gasteiger partial charge in [0, 0.05) is 52.1 Å². The molecule has 2 heterocycles. The Kier molecular flexibility index (Phi) is 10.9. The number of guanidine groups is 1. The summed E-state index contributed by atoms with van der Waals surface area (Å²) in [5.74, 6) is 2.01. The molecule has 0 bridgehead atoms. The molecule has 0 radical (unpaired) electrons. The lowest BCUT2D eigenvalue weighted by molar-refractivity contribution is -0.127. The molecule has 1 fully saturated rings. The average molecular weight is 475 g/mol. The number of aliphatic imine (C=N–C) groups is 1. The molecule has 1 aromatic rings. The molecule has 1 amide bonds. The van der Waals surface area contributed by atoms with Crippen LogP contribution < -0.4 is 10.6 Å². The third-order valence-electron chi connectivity index (χ3n) is 4.10. The van der Waals surface area contributed by atoms with E-state index in [0.29, 0.717) is 19.5 Å². The third-order valence-corrected chi connectivity index (χ3v) is 4.10. The zero-order valence-corrected chi connectivity index (χ0v) is 17.8. The number of amides is 1. The number of rotatable bonds is 10. The minimum atomic E-state index is 0. The largest absolute Gasteiger partial charge is 0.355 e. The van der Waals surface area contributed by atoms with Gasteiger partial charge in [-0.05, 0) is 12.8 Å². The molecule has 1 saturated heterocycles. The van der Waals surface area contributed by atoms with Gasteiger partial charge in [0.05, 0.1) is 0 Å². The highest BCUT2D eigenvalue weighted by atomic mass is 127. The van der Waals surface area contributed by atoms with E-state index in [1.54, 1.807) is 12.4 Å². The number of hydrogen-bond acceptors (Lipinski definition) is 4. The number of aromatic nitrogens is 3. The van der Waals surface area contributed by atoms with Gasteiger partial charge in [-0.1, -0.05) is 13.0 Å². The van der Waals surface area contributed by atoms with Crippen LogP contribution in [0.4, 0.5) is 0 Å². The lowest BCUT2D eigenvalue weighted by Crippen LogP contribution is -2.39. The Morgan fingerprint density at radius 3 is 2.96 bits per heavy atom.